The fourth-order valence-electron chi connectivity index (χ4n) is 5.84. The van der Waals surface area contributed by atoms with Crippen molar-refractivity contribution >= 4 is 11.3 Å². The second kappa shape index (κ2) is 7.81. The SMILES string of the molecule is Cn1nnc(-c2ccc([C@]3(c4ccc(OCc5nccs5)cc4)C[C@@H]4CC[C@H]3C4)cc2)n1. The molecular formula is C25H25N5OS. The lowest BCUT2D eigenvalue weighted by Crippen LogP contribution is -2.34. The Labute approximate surface area is 191 Å². The Kier molecular flexibility index (Phi) is 4.79. The maximum absolute atomic E-state index is 5.96. The van der Waals surface area contributed by atoms with Gasteiger partial charge in [-0.1, -0.05) is 42.8 Å². The number of hydrogen-bond acceptors (Lipinski definition) is 6. The normalized spacial score (nSPS) is 24.2. The first-order chi connectivity index (χ1) is 15.7. The summed E-state index contributed by atoms with van der Waals surface area (Å²) in [7, 11) is 1.79. The van der Waals surface area contributed by atoms with Crippen LogP contribution in [0.1, 0.15) is 41.8 Å². The molecule has 2 aromatic carbocycles. The fourth-order valence-corrected chi connectivity index (χ4v) is 6.37. The molecule has 2 saturated carbocycles. The van der Waals surface area contributed by atoms with Crippen molar-refractivity contribution in [2.24, 2.45) is 18.9 Å². The van der Waals surface area contributed by atoms with Crippen molar-refractivity contribution in [1.82, 2.24) is 25.2 Å². The molecule has 0 unspecified atom stereocenters. The molecule has 3 atom stereocenters. The number of fused-ring (bicyclic) bond motifs is 2. The van der Waals surface area contributed by atoms with Gasteiger partial charge >= 0.3 is 0 Å². The Balaban J connectivity index is 1.30. The first-order valence-electron chi connectivity index (χ1n) is 11.2. The van der Waals surface area contributed by atoms with Crippen molar-refractivity contribution in [3.63, 3.8) is 0 Å². The number of rotatable bonds is 6. The fraction of sp³-hybridized carbons (Fsp3) is 0.360. The van der Waals surface area contributed by atoms with Gasteiger partial charge < -0.3 is 4.74 Å². The van der Waals surface area contributed by atoms with E-state index in [0.29, 0.717) is 18.3 Å². The Hall–Kier alpha value is -3.06. The van der Waals surface area contributed by atoms with E-state index in [1.807, 2.05) is 11.6 Å². The number of nitrogens with zero attached hydrogens (tertiary/aromatic N) is 5. The average molecular weight is 444 g/mol. The predicted octanol–water partition coefficient (Wildman–Crippen LogP) is 5.02. The summed E-state index contributed by atoms with van der Waals surface area (Å²) in [6.45, 7) is 0.519. The summed E-state index contributed by atoms with van der Waals surface area (Å²) >= 11 is 1.62. The zero-order chi connectivity index (χ0) is 21.5. The van der Waals surface area contributed by atoms with Gasteiger partial charge in [-0.3, -0.25) is 0 Å². The number of benzene rings is 2. The molecule has 2 bridgehead atoms. The molecule has 7 heteroatoms. The quantitative estimate of drug-likeness (QED) is 0.419. The third-order valence-corrected chi connectivity index (χ3v) is 7.98. The van der Waals surface area contributed by atoms with Crippen LogP contribution in [0, 0.1) is 11.8 Å². The topological polar surface area (TPSA) is 65.7 Å². The maximum Gasteiger partial charge on any atom is 0.204 e. The van der Waals surface area contributed by atoms with Crippen LogP contribution in [0.25, 0.3) is 11.4 Å². The van der Waals surface area contributed by atoms with Crippen LogP contribution in [0.5, 0.6) is 5.75 Å². The molecule has 0 amide bonds. The monoisotopic (exact) mass is 443 g/mol. The average Bonchev–Trinajstić information content (AvgIpc) is 3.63. The van der Waals surface area contributed by atoms with Crippen LogP contribution in [0.3, 0.4) is 0 Å². The van der Waals surface area contributed by atoms with E-state index in [1.54, 1.807) is 18.4 Å². The molecule has 4 aromatic rings. The Morgan fingerprint density at radius 1 is 1.06 bits per heavy atom. The number of hydrogen-bond donors (Lipinski definition) is 0. The van der Waals surface area contributed by atoms with Gasteiger partial charge in [0.15, 0.2) is 0 Å². The smallest absolute Gasteiger partial charge is 0.204 e. The maximum atomic E-state index is 5.96. The first kappa shape index (κ1) is 19.6. The van der Waals surface area contributed by atoms with E-state index in [-0.39, 0.29) is 5.41 Å². The van der Waals surface area contributed by atoms with Gasteiger partial charge in [0.2, 0.25) is 5.82 Å². The second-order valence-corrected chi connectivity index (χ2v) is 9.95. The van der Waals surface area contributed by atoms with E-state index < -0.39 is 0 Å². The summed E-state index contributed by atoms with van der Waals surface area (Å²) in [5.74, 6) is 3.08. The molecule has 162 valence electrons. The van der Waals surface area contributed by atoms with E-state index >= 15 is 0 Å². The molecule has 2 aliphatic rings. The van der Waals surface area contributed by atoms with Gasteiger partial charge in [0, 0.05) is 22.6 Å². The largest absolute Gasteiger partial charge is 0.486 e. The van der Waals surface area contributed by atoms with Crippen molar-refractivity contribution in [3.05, 3.63) is 76.2 Å². The van der Waals surface area contributed by atoms with Gasteiger partial charge in [-0.15, -0.1) is 21.5 Å². The summed E-state index contributed by atoms with van der Waals surface area (Å²) in [6.07, 6.45) is 7.04. The van der Waals surface area contributed by atoms with Gasteiger partial charge in [0.25, 0.3) is 0 Å². The minimum absolute atomic E-state index is 0.0745. The zero-order valence-corrected chi connectivity index (χ0v) is 18.8. The van der Waals surface area contributed by atoms with E-state index in [1.165, 1.54) is 41.6 Å². The molecule has 32 heavy (non-hydrogen) atoms. The van der Waals surface area contributed by atoms with Crippen molar-refractivity contribution in [2.75, 3.05) is 0 Å². The number of aromatic nitrogens is 5. The van der Waals surface area contributed by atoms with Crippen LogP contribution >= 0.6 is 11.3 Å². The Morgan fingerprint density at radius 2 is 1.84 bits per heavy atom. The summed E-state index contributed by atoms with van der Waals surface area (Å²) in [4.78, 5) is 5.80. The molecule has 6 rings (SSSR count). The van der Waals surface area contributed by atoms with Crippen molar-refractivity contribution in [2.45, 2.75) is 37.7 Å². The molecular weight excluding hydrogens is 418 g/mol. The highest BCUT2D eigenvalue weighted by Crippen LogP contribution is 2.60. The van der Waals surface area contributed by atoms with Gasteiger partial charge in [-0.25, -0.2) is 4.98 Å². The first-order valence-corrected chi connectivity index (χ1v) is 12.1. The number of tetrazole rings is 1. The lowest BCUT2D eigenvalue weighted by atomic mass is 9.64. The second-order valence-electron chi connectivity index (χ2n) is 8.97. The van der Waals surface area contributed by atoms with Gasteiger partial charge in [0.05, 0.1) is 7.05 Å². The van der Waals surface area contributed by atoms with E-state index in [9.17, 15) is 0 Å². The molecule has 0 radical (unpaired) electrons. The van der Waals surface area contributed by atoms with E-state index in [4.69, 9.17) is 4.74 Å². The highest BCUT2D eigenvalue weighted by molar-refractivity contribution is 7.09. The molecule has 0 saturated heterocycles. The molecule has 0 spiro atoms. The highest BCUT2D eigenvalue weighted by Gasteiger charge is 2.52. The molecule has 2 aromatic heterocycles. The van der Waals surface area contributed by atoms with Crippen LogP contribution in [0.4, 0.5) is 0 Å². The summed E-state index contributed by atoms with van der Waals surface area (Å²) < 4.78 is 5.96. The van der Waals surface area contributed by atoms with Gasteiger partial charge in [0.1, 0.15) is 17.4 Å². The lowest BCUT2D eigenvalue weighted by molar-refractivity contribution is 0.303. The summed E-state index contributed by atoms with van der Waals surface area (Å²) in [5, 5.41) is 15.4. The van der Waals surface area contributed by atoms with Crippen LogP contribution in [0.2, 0.25) is 0 Å². The Bertz CT molecular complexity index is 1200. The van der Waals surface area contributed by atoms with Crippen LogP contribution in [0.15, 0.2) is 60.1 Å². The minimum atomic E-state index is 0.0745. The van der Waals surface area contributed by atoms with E-state index in [0.717, 1.165) is 22.2 Å². The molecule has 2 aliphatic carbocycles. The van der Waals surface area contributed by atoms with Crippen LogP contribution in [-0.2, 0) is 19.1 Å². The summed E-state index contributed by atoms with van der Waals surface area (Å²) in [5.41, 5.74) is 3.88. The highest BCUT2D eigenvalue weighted by atomic mass is 32.1. The molecule has 2 heterocycles. The van der Waals surface area contributed by atoms with Crippen molar-refractivity contribution in [1.29, 1.82) is 0 Å². The summed E-state index contributed by atoms with van der Waals surface area (Å²) in [6, 6.07) is 17.6. The standard InChI is InChI=1S/C25H25N5OS/c1-30-28-24(27-29-30)18-3-6-19(7-4-18)25(15-17-2-5-21(25)14-17)20-8-10-22(11-9-20)31-16-23-26-12-13-32-23/h3-4,6-13,17,21H,2,5,14-16H2,1H3/t17-,21+,25+/m1/s1. The van der Waals surface area contributed by atoms with E-state index in [2.05, 4.69) is 68.9 Å². The van der Waals surface area contributed by atoms with Gasteiger partial charge in [-0.2, -0.15) is 4.80 Å². The molecule has 2 fully saturated rings. The van der Waals surface area contributed by atoms with Crippen molar-refractivity contribution in [3.8, 4) is 17.1 Å². The van der Waals surface area contributed by atoms with Crippen LogP contribution in [-0.4, -0.2) is 25.2 Å². The number of ether oxygens (including phenoxy) is 1. The third kappa shape index (κ3) is 3.32. The third-order valence-electron chi connectivity index (χ3n) is 7.23. The zero-order valence-electron chi connectivity index (χ0n) is 18.0. The number of thiazole rings is 1. The lowest BCUT2D eigenvalue weighted by Gasteiger charge is -2.39. The molecule has 0 aliphatic heterocycles. The molecule has 0 N–H and O–H groups in total. The minimum Gasteiger partial charge on any atom is -0.486 e. The number of aryl methyl sites for hydroxylation is 1. The Morgan fingerprint density at radius 3 is 2.44 bits per heavy atom. The van der Waals surface area contributed by atoms with Gasteiger partial charge in [-0.05, 0) is 59.6 Å². The predicted molar refractivity (Wildman–Crippen MR) is 123 cm³/mol. The van der Waals surface area contributed by atoms with Crippen molar-refractivity contribution < 1.29 is 4.74 Å². The molecule has 6 nitrogen and oxygen atoms in total. The van der Waals surface area contributed by atoms with Crippen LogP contribution < -0.4 is 4.74 Å².